The van der Waals surface area contributed by atoms with Gasteiger partial charge in [0.15, 0.2) is 0 Å². The van der Waals surface area contributed by atoms with E-state index in [1.165, 1.54) is 6.08 Å². The Morgan fingerprint density at radius 2 is 2.33 bits per heavy atom. The number of amides is 1. The zero-order valence-electron chi connectivity index (χ0n) is 10.4. The second kappa shape index (κ2) is 7.90. The Balaban J connectivity index is 2.53. The first kappa shape index (κ1) is 14.7. The average Bonchev–Trinajstić information content (AvgIpc) is 2.36. The Morgan fingerprint density at radius 3 is 2.94 bits per heavy atom. The maximum absolute atomic E-state index is 11.6. The van der Waals surface area contributed by atoms with Gasteiger partial charge in [0.05, 0.1) is 0 Å². The van der Waals surface area contributed by atoms with Crippen molar-refractivity contribution in [1.29, 1.82) is 0 Å². The van der Waals surface area contributed by atoms with Crippen molar-refractivity contribution < 1.29 is 9.90 Å². The van der Waals surface area contributed by atoms with Gasteiger partial charge in [0.25, 0.3) is 0 Å². The highest BCUT2D eigenvalue weighted by Crippen LogP contribution is 2.11. The van der Waals surface area contributed by atoms with Crippen LogP contribution in [0.4, 0.5) is 0 Å². The third-order valence-corrected chi connectivity index (χ3v) is 2.83. The molecule has 1 aromatic carbocycles. The van der Waals surface area contributed by atoms with Crippen LogP contribution in [0.2, 0.25) is 5.02 Å². The zero-order chi connectivity index (χ0) is 13.4. The zero-order valence-corrected chi connectivity index (χ0v) is 11.2. The van der Waals surface area contributed by atoms with E-state index in [1.807, 2.05) is 19.1 Å². The van der Waals surface area contributed by atoms with E-state index >= 15 is 0 Å². The first-order valence-corrected chi connectivity index (χ1v) is 6.38. The number of aliphatic hydroxyl groups excluding tert-OH is 1. The molecule has 0 bridgehead atoms. The van der Waals surface area contributed by atoms with E-state index in [-0.39, 0.29) is 18.6 Å². The molecule has 18 heavy (non-hydrogen) atoms. The number of hydrogen-bond acceptors (Lipinski definition) is 2. The van der Waals surface area contributed by atoms with Gasteiger partial charge in [0.1, 0.15) is 0 Å². The maximum Gasteiger partial charge on any atom is 0.244 e. The number of hydrogen-bond donors (Lipinski definition) is 2. The van der Waals surface area contributed by atoms with Crippen molar-refractivity contribution >= 4 is 23.6 Å². The molecule has 1 rings (SSSR count). The molecule has 1 aromatic rings. The summed E-state index contributed by atoms with van der Waals surface area (Å²) in [5, 5.41) is 12.3. The summed E-state index contributed by atoms with van der Waals surface area (Å²) in [7, 11) is 0. The van der Waals surface area contributed by atoms with E-state index in [4.69, 9.17) is 16.7 Å². The summed E-state index contributed by atoms with van der Waals surface area (Å²) < 4.78 is 0. The van der Waals surface area contributed by atoms with Crippen LogP contribution in [0.5, 0.6) is 0 Å². The molecule has 0 spiro atoms. The van der Waals surface area contributed by atoms with Crippen LogP contribution in [0.3, 0.4) is 0 Å². The predicted molar refractivity (Wildman–Crippen MR) is 74.4 cm³/mol. The second-order valence-electron chi connectivity index (χ2n) is 4.01. The molecule has 0 radical (unpaired) electrons. The molecule has 3 nitrogen and oxygen atoms in total. The fourth-order valence-electron chi connectivity index (χ4n) is 1.57. The third-order valence-electron chi connectivity index (χ3n) is 2.59. The van der Waals surface area contributed by atoms with Crippen LogP contribution in [0.15, 0.2) is 30.3 Å². The van der Waals surface area contributed by atoms with Gasteiger partial charge in [0, 0.05) is 23.7 Å². The van der Waals surface area contributed by atoms with Gasteiger partial charge in [0.2, 0.25) is 5.91 Å². The molecule has 0 aliphatic carbocycles. The Bertz CT molecular complexity index is 418. The topological polar surface area (TPSA) is 49.3 Å². The van der Waals surface area contributed by atoms with Crippen molar-refractivity contribution in [3.8, 4) is 0 Å². The Hall–Kier alpha value is -1.32. The van der Waals surface area contributed by atoms with Gasteiger partial charge < -0.3 is 10.4 Å². The molecular formula is C14H18ClNO2. The number of aliphatic hydroxyl groups is 1. The molecule has 0 fully saturated rings. The Morgan fingerprint density at radius 1 is 1.56 bits per heavy atom. The predicted octanol–water partition coefficient (Wildman–Crippen LogP) is 2.63. The number of carbonyl (C=O) groups is 1. The molecule has 0 saturated heterocycles. The van der Waals surface area contributed by atoms with E-state index in [9.17, 15) is 4.79 Å². The van der Waals surface area contributed by atoms with Crippen LogP contribution in [0.25, 0.3) is 6.08 Å². The van der Waals surface area contributed by atoms with Crippen molar-refractivity contribution in [2.75, 3.05) is 6.61 Å². The molecule has 0 saturated carbocycles. The lowest BCUT2D eigenvalue weighted by Crippen LogP contribution is -2.33. The highest BCUT2D eigenvalue weighted by atomic mass is 35.5. The fraction of sp³-hybridized carbons (Fsp3) is 0.357. The van der Waals surface area contributed by atoms with Crippen LogP contribution in [0, 0.1) is 0 Å². The number of carbonyl (C=O) groups excluding carboxylic acids is 1. The summed E-state index contributed by atoms with van der Waals surface area (Å²) in [6, 6.07) is 7.30. The summed E-state index contributed by atoms with van der Waals surface area (Å²) >= 11 is 5.85. The fourth-order valence-corrected chi connectivity index (χ4v) is 1.76. The minimum Gasteiger partial charge on any atom is -0.396 e. The SMILES string of the molecule is CCC(CCO)NC(=O)/C=C/c1cccc(Cl)c1. The van der Waals surface area contributed by atoms with E-state index in [1.54, 1.807) is 18.2 Å². The average molecular weight is 268 g/mol. The molecule has 0 aliphatic heterocycles. The Kier molecular flexibility index (Phi) is 6.47. The van der Waals surface area contributed by atoms with Crippen LogP contribution >= 0.6 is 11.6 Å². The monoisotopic (exact) mass is 267 g/mol. The Labute approximate surface area is 112 Å². The van der Waals surface area contributed by atoms with Crippen molar-refractivity contribution in [2.24, 2.45) is 0 Å². The van der Waals surface area contributed by atoms with Crippen LogP contribution in [0.1, 0.15) is 25.3 Å². The molecule has 1 atom stereocenters. The molecule has 1 unspecified atom stereocenters. The summed E-state index contributed by atoms with van der Waals surface area (Å²) in [6.07, 6.45) is 4.57. The quantitative estimate of drug-likeness (QED) is 0.779. The highest BCUT2D eigenvalue weighted by Gasteiger charge is 2.06. The van der Waals surface area contributed by atoms with Gasteiger partial charge in [-0.25, -0.2) is 0 Å². The molecule has 0 aromatic heterocycles. The van der Waals surface area contributed by atoms with Crippen molar-refractivity contribution in [3.63, 3.8) is 0 Å². The maximum atomic E-state index is 11.6. The van der Waals surface area contributed by atoms with Gasteiger partial charge in [-0.2, -0.15) is 0 Å². The van der Waals surface area contributed by atoms with Crippen molar-refractivity contribution in [3.05, 3.63) is 40.9 Å². The van der Waals surface area contributed by atoms with Crippen LogP contribution in [-0.2, 0) is 4.79 Å². The van der Waals surface area contributed by atoms with E-state index in [0.717, 1.165) is 12.0 Å². The molecule has 1 amide bonds. The van der Waals surface area contributed by atoms with Gasteiger partial charge in [-0.1, -0.05) is 30.7 Å². The minimum absolute atomic E-state index is 0.0199. The molecule has 0 heterocycles. The van der Waals surface area contributed by atoms with E-state index < -0.39 is 0 Å². The van der Waals surface area contributed by atoms with Crippen LogP contribution < -0.4 is 5.32 Å². The molecular weight excluding hydrogens is 250 g/mol. The molecule has 98 valence electrons. The summed E-state index contributed by atoms with van der Waals surface area (Å²) in [6.45, 7) is 2.05. The van der Waals surface area contributed by atoms with E-state index in [2.05, 4.69) is 5.32 Å². The third kappa shape index (κ3) is 5.34. The number of benzene rings is 1. The van der Waals surface area contributed by atoms with Crippen molar-refractivity contribution in [2.45, 2.75) is 25.8 Å². The van der Waals surface area contributed by atoms with Gasteiger partial charge in [-0.3, -0.25) is 4.79 Å². The van der Waals surface area contributed by atoms with E-state index in [0.29, 0.717) is 11.4 Å². The summed E-state index contributed by atoms with van der Waals surface area (Å²) in [4.78, 5) is 11.6. The van der Waals surface area contributed by atoms with Crippen molar-refractivity contribution in [1.82, 2.24) is 5.32 Å². The lowest BCUT2D eigenvalue weighted by Gasteiger charge is -2.13. The van der Waals surface area contributed by atoms with Gasteiger partial charge >= 0.3 is 0 Å². The summed E-state index contributed by atoms with van der Waals surface area (Å²) in [5.74, 6) is -0.157. The number of rotatable bonds is 6. The highest BCUT2D eigenvalue weighted by molar-refractivity contribution is 6.30. The lowest BCUT2D eigenvalue weighted by molar-refractivity contribution is -0.117. The standard InChI is InChI=1S/C14H18ClNO2/c1-2-13(8-9-17)16-14(18)7-6-11-4-3-5-12(15)10-11/h3-7,10,13,17H,2,8-9H2,1H3,(H,16,18)/b7-6+. The number of halogens is 1. The normalized spacial score (nSPS) is 12.6. The van der Waals surface area contributed by atoms with Gasteiger partial charge in [-0.05, 0) is 36.6 Å². The first-order chi connectivity index (χ1) is 8.65. The minimum atomic E-state index is -0.157. The molecule has 0 aliphatic rings. The van der Waals surface area contributed by atoms with Gasteiger partial charge in [-0.15, -0.1) is 0 Å². The summed E-state index contributed by atoms with van der Waals surface area (Å²) in [5.41, 5.74) is 0.882. The lowest BCUT2D eigenvalue weighted by atomic mass is 10.1. The number of nitrogens with one attached hydrogen (secondary N) is 1. The second-order valence-corrected chi connectivity index (χ2v) is 4.45. The molecule has 2 N–H and O–H groups in total. The van der Waals surface area contributed by atoms with Crippen LogP contribution in [-0.4, -0.2) is 23.7 Å². The smallest absolute Gasteiger partial charge is 0.244 e. The first-order valence-electron chi connectivity index (χ1n) is 6.00. The molecule has 4 heteroatoms. The largest absolute Gasteiger partial charge is 0.396 e.